The van der Waals surface area contributed by atoms with Crippen molar-refractivity contribution in [3.63, 3.8) is 0 Å². The summed E-state index contributed by atoms with van der Waals surface area (Å²) >= 11 is 0. The molecule has 0 fully saturated rings. The molecule has 17 heavy (non-hydrogen) atoms. The molecule has 1 aromatic carbocycles. The fourth-order valence-electron chi connectivity index (χ4n) is 1.68. The van der Waals surface area contributed by atoms with Crippen LogP contribution in [0.25, 0.3) is 11.3 Å². The third kappa shape index (κ3) is 2.20. The van der Waals surface area contributed by atoms with Crippen molar-refractivity contribution in [2.24, 2.45) is 0 Å². The molecule has 0 N–H and O–H groups in total. The molecule has 1 aromatic heterocycles. The predicted octanol–water partition coefficient (Wildman–Crippen LogP) is 1.94. The number of methoxy groups -OCH3 is 1. The maximum absolute atomic E-state index is 11.5. The molecule has 0 radical (unpaired) electrons. The van der Waals surface area contributed by atoms with Crippen LogP contribution in [0.15, 0.2) is 41.2 Å². The lowest BCUT2D eigenvalue weighted by atomic mass is 10.1. The minimum absolute atomic E-state index is 0.0915. The minimum atomic E-state index is -0.0915. The van der Waals surface area contributed by atoms with E-state index in [1.165, 1.54) is 10.7 Å². The van der Waals surface area contributed by atoms with Crippen LogP contribution in [-0.4, -0.2) is 16.9 Å². The third-order valence-electron chi connectivity index (χ3n) is 2.55. The number of aryl methyl sites for hydroxylation is 1. The quantitative estimate of drug-likeness (QED) is 0.809. The van der Waals surface area contributed by atoms with E-state index in [1.54, 1.807) is 13.2 Å². The number of ether oxygens (including phenoxy) is 1. The number of aromatic nitrogens is 2. The molecule has 0 aliphatic carbocycles. The van der Waals surface area contributed by atoms with Gasteiger partial charge in [-0.25, -0.2) is 4.68 Å². The van der Waals surface area contributed by atoms with Gasteiger partial charge in [0.05, 0.1) is 12.8 Å². The van der Waals surface area contributed by atoms with Crippen molar-refractivity contribution in [1.29, 1.82) is 0 Å². The maximum atomic E-state index is 11.5. The van der Waals surface area contributed by atoms with Gasteiger partial charge in [-0.05, 0) is 25.1 Å². The van der Waals surface area contributed by atoms with Crippen molar-refractivity contribution >= 4 is 0 Å². The van der Waals surface area contributed by atoms with Crippen LogP contribution in [-0.2, 0) is 6.54 Å². The average molecular weight is 230 g/mol. The maximum Gasteiger partial charge on any atom is 0.266 e. The predicted molar refractivity (Wildman–Crippen MR) is 66.2 cm³/mol. The van der Waals surface area contributed by atoms with Gasteiger partial charge in [0.25, 0.3) is 5.56 Å². The second kappa shape index (κ2) is 4.82. The molecule has 0 bridgehead atoms. The Labute approximate surface area is 99.5 Å². The van der Waals surface area contributed by atoms with E-state index in [0.29, 0.717) is 6.54 Å². The van der Waals surface area contributed by atoms with Gasteiger partial charge in [-0.1, -0.05) is 12.1 Å². The molecular formula is C13H14N2O2. The third-order valence-corrected chi connectivity index (χ3v) is 2.55. The van der Waals surface area contributed by atoms with E-state index in [1.807, 2.05) is 31.2 Å². The second-order valence-electron chi connectivity index (χ2n) is 3.57. The highest BCUT2D eigenvalue weighted by Gasteiger charge is 2.07. The summed E-state index contributed by atoms with van der Waals surface area (Å²) in [6.07, 6.45) is 0. The lowest BCUT2D eigenvalue weighted by Crippen LogP contribution is -2.21. The molecule has 4 nitrogen and oxygen atoms in total. The molecule has 88 valence electrons. The highest BCUT2D eigenvalue weighted by atomic mass is 16.5. The summed E-state index contributed by atoms with van der Waals surface area (Å²) in [6.45, 7) is 2.45. The van der Waals surface area contributed by atoms with Crippen LogP contribution in [0.5, 0.6) is 5.75 Å². The molecule has 0 unspecified atom stereocenters. The van der Waals surface area contributed by atoms with Crippen LogP contribution < -0.4 is 10.3 Å². The first kappa shape index (κ1) is 11.4. The number of hydrogen-bond acceptors (Lipinski definition) is 3. The van der Waals surface area contributed by atoms with Crippen molar-refractivity contribution < 1.29 is 4.74 Å². The van der Waals surface area contributed by atoms with Crippen LogP contribution in [0.1, 0.15) is 6.92 Å². The van der Waals surface area contributed by atoms with Crippen molar-refractivity contribution in [2.45, 2.75) is 13.5 Å². The zero-order valence-electron chi connectivity index (χ0n) is 9.88. The Kier molecular flexibility index (Phi) is 3.23. The number of nitrogens with zero attached hydrogens (tertiary/aromatic N) is 2. The Morgan fingerprint density at radius 3 is 2.71 bits per heavy atom. The Morgan fingerprint density at radius 1 is 1.24 bits per heavy atom. The first-order valence-electron chi connectivity index (χ1n) is 5.48. The topological polar surface area (TPSA) is 44.1 Å². The first-order valence-corrected chi connectivity index (χ1v) is 5.48. The van der Waals surface area contributed by atoms with Gasteiger partial charge in [0.1, 0.15) is 5.75 Å². The Morgan fingerprint density at radius 2 is 2.00 bits per heavy atom. The first-order chi connectivity index (χ1) is 8.26. The van der Waals surface area contributed by atoms with Gasteiger partial charge in [0.2, 0.25) is 0 Å². The van der Waals surface area contributed by atoms with Gasteiger partial charge >= 0.3 is 0 Å². The van der Waals surface area contributed by atoms with Crippen molar-refractivity contribution in [1.82, 2.24) is 9.78 Å². The van der Waals surface area contributed by atoms with Crippen molar-refractivity contribution in [3.05, 3.63) is 46.8 Å². The van der Waals surface area contributed by atoms with Gasteiger partial charge in [-0.15, -0.1) is 0 Å². The molecule has 4 heteroatoms. The Balaban J connectivity index is 2.56. The molecule has 0 spiro atoms. The summed E-state index contributed by atoms with van der Waals surface area (Å²) in [4.78, 5) is 11.5. The van der Waals surface area contributed by atoms with Crippen LogP contribution in [0, 0.1) is 0 Å². The van der Waals surface area contributed by atoms with Crippen LogP contribution in [0.2, 0.25) is 0 Å². The lowest BCUT2D eigenvalue weighted by Gasteiger charge is -2.08. The van der Waals surface area contributed by atoms with Crippen molar-refractivity contribution in [2.75, 3.05) is 7.11 Å². The highest BCUT2D eigenvalue weighted by Crippen LogP contribution is 2.26. The molecular weight excluding hydrogens is 216 g/mol. The zero-order chi connectivity index (χ0) is 12.3. The highest BCUT2D eigenvalue weighted by molar-refractivity contribution is 5.66. The molecule has 2 rings (SSSR count). The van der Waals surface area contributed by atoms with E-state index < -0.39 is 0 Å². The second-order valence-corrected chi connectivity index (χ2v) is 3.57. The van der Waals surface area contributed by atoms with Gasteiger partial charge in [0, 0.05) is 18.2 Å². The molecule has 0 atom stereocenters. The summed E-state index contributed by atoms with van der Waals surface area (Å²) in [5.41, 5.74) is 1.53. The van der Waals surface area contributed by atoms with Crippen LogP contribution >= 0.6 is 0 Å². The summed E-state index contributed by atoms with van der Waals surface area (Å²) in [5, 5.41) is 4.29. The molecule has 0 aliphatic heterocycles. The lowest BCUT2D eigenvalue weighted by molar-refractivity contribution is 0.416. The van der Waals surface area contributed by atoms with Gasteiger partial charge < -0.3 is 4.74 Å². The van der Waals surface area contributed by atoms with E-state index in [0.717, 1.165) is 17.0 Å². The van der Waals surface area contributed by atoms with Gasteiger partial charge in [-0.2, -0.15) is 5.10 Å². The molecule has 0 saturated carbocycles. The molecule has 2 aromatic rings. The SMILES string of the molecule is CCn1nc(-c2ccccc2OC)ccc1=O. The normalized spacial score (nSPS) is 10.2. The number of benzene rings is 1. The van der Waals surface area contributed by atoms with Crippen LogP contribution in [0.3, 0.4) is 0 Å². The molecule has 0 saturated heterocycles. The monoisotopic (exact) mass is 230 g/mol. The summed E-state index contributed by atoms with van der Waals surface area (Å²) in [5.74, 6) is 0.751. The largest absolute Gasteiger partial charge is 0.496 e. The molecule has 0 amide bonds. The van der Waals surface area contributed by atoms with E-state index >= 15 is 0 Å². The van der Waals surface area contributed by atoms with Crippen molar-refractivity contribution in [3.8, 4) is 17.0 Å². The molecule has 1 heterocycles. The zero-order valence-corrected chi connectivity index (χ0v) is 9.88. The van der Waals surface area contributed by atoms with Crippen LogP contribution in [0.4, 0.5) is 0 Å². The van der Waals surface area contributed by atoms with Gasteiger partial charge in [-0.3, -0.25) is 4.79 Å². The van der Waals surface area contributed by atoms with E-state index in [-0.39, 0.29) is 5.56 Å². The smallest absolute Gasteiger partial charge is 0.266 e. The molecule has 0 aliphatic rings. The standard InChI is InChI=1S/C13H14N2O2/c1-3-15-13(16)9-8-11(14-15)10-6-4-5-7-12(10)17-2/h4-9H,3H2,1-2H3. The number of para-hydroxylation sites is 1. The average Bonchev–Trinajstić information content (AvgIpc) is 2.39. The fourth-order valence-corrected chi connectivity index (χ4v) is 1.68. The van der Waals surface area contributed by atoms with E-state index in [4.69, 9.17) is 4.74 Å². The Hall–Kier alpha value is -2.10. The minimum Gasteiger partial charge on any atom is -0.496 e. The summed E-state index contributed by atoms with van der Waals surface area (Å²) in [6, 6.07) is 10.9. The number of hydrogen-bond donors (Lipinski definition) is 0. The summed E-state index contributed by atoms with van der Waals surface area (Å²) in [7, 11) is 1.62. The fraction of sp³-hybridized carbons (Fsp3) is 0.231. The van der Waals surface area contributed by atoms with Gasteiger partial charge in [0.15, 0.2) is 0 Å². The summed E-state index contributed by atoms with van der Waals surface area (Å²) < 4.78 is 6.71. The number of rotatable bonds is 3. The van der Waals surface area contributed by atoms with E-state index in [2.05, 4.69) is 5.10 Å². The Bertz CT molecular complexity index is 576. The van der Waals surface area contributed by atoms with E-state index in [9.17, 15) is 4.79 Å².